The van der Waals surface area contributed by atoms with Gasteiger partial charge in [-0.2, -0.15) is 0 Å². The monoisotopic (exact) mass is 172 g/mol. The van der Waals surface area contributed by atoms with Gasteiger partial charge in [0.2, 0.25) is 0 Å². The molecule has 4 nitrogen and oxygen atoms in total. The highest BCUT2D eigenvalue weighted by Crippen LogP contribution is 1.87. The van der Waals surface area contributed by atoms with Gasteiger partial charge in [0.05, 0.1) is 0 Å². The minimum absolute atomic E-state index is 0.389. The van der Waals surface area contributed by atoms with Crippen LogP contribution in [0.15, 0.2) is 24.3 Å². The average Bonchev–Trinajstić information content (AvgIpc) is 2.04. The highest BCUT2D eigenvalue weighted by atomic mass is 16.4. The number of hydrogen-bond acceptors (Lipinski definition) is 2. The van der Waals surface area contributed by atoms with Crippen LogP contribution in [0.1, 0.15) is 13.8 Å². The van der Waals surface area contributed by atoms with Gasteiger partial charge in [0.15, 0.2) is 0 Å². The molecule has 2 N–H and O–H groups in total. The van der Waals surface area contributed by atoms with Crippen molar-refractivity contribution in [3.8, 4) is 0 Å². The highest BCUT2D eigenvalue weighted by molar-refractivity contribution is 5.85. The fraction of sp³-hybridized carbons (Fsp3) is 0.250. The van der Waals surface area contributed by atoms with Crippen molar-refractivity contribution in [2.24, 2.45) is 0 Å². The Hall–Kier alpha value is -1.58. The fourth-order valence-electron chi connectivity index (χ4n) is 0.123. The van der Waals surface area contributed by atoms with Crippen LogP contribution in [0.4, 0.5) is 0 Å². The van der Waals surface area contributed by atoms with Crippen molar-refractivity contribution in [3.05, 3.63) is 24.3 Å². The second kappa shape index (κ2) is 7.53. The second-order valence-corrected chi connectivity index (χ2v) is 1.82. The van der Waals surface area contributed by atoms with Crippen molar-refractivity contribution in [2.45, 2.75) is 13.8 Å². The summed E-state index contributed by atoms with van der Waals surface area (Å²) in [4.78, 5) is 19.1. The Morgan fingerprint density at radius 1 is 1.33 bits per heavy atom. The van der Waals surface area contributed by atoms with Crippen molar-refractivity contribution < 1.29 is 19.8 Å². The van der Waals surface area contributed by atoms with Crippen LogP contribution in [0.2, 0.25) is 0 Å². The Balaban J connectivity index is 0. The third kappa shape index (κ3) is 11.2. The summed E-state index contributed by atoms with van der Waals surface area (Å²) < 4.78 is 0. The van der Waals surface area contributed by atoms with Crippen LogP contribution in [0.3, 0.4) is 0 Å². The topological polar surface area (TPSA) is 74.6 Å². The quantitative estimate of drug-likeness (QED) is 0.615. The van der Waals surface area contributed by atoms with E-state index in [9.17, 15) is 9.59 Å². The van der Waals surface area contributed by atoms with Crippen LogP contribution in [0.5, 0.6) is 0 Å². The third-order valence-electron chi connectivity index (χ3n) is 0.945. The van der Waals surface area contributed by atoms with Gasteiger partial charge in [-0.1, -0.05) is 12.7 Å². The van der Waals surface area contributed by atoms with Gasteiger partial charge in [-0.05, 0) is 13.8 Å². The molecule has 0 rings (SSSR count). The van der Waals surface area contributed by atoms with Crippen LogP contribution in [-0.4, -0.2) is 22.2 Å². The predicted molar refractivity (Wildman–Crippen MR) is 44.9 cm³/mol. The first-order chi connectivity index (χ1) is 5.45. The van der Waals surface area contributed by atoms with E-state index in [0.717, 1.165) is 6.08 Å². The number of allylic oxidation sites excluding steroid dienone is 1. The van der Waals surface area contributed by atoms with E-state index < -0.39 is 11.9 Å². The Morgan fingerprint density at radius 2 is 1.67 bits per heavy atom. The summed E-state index contributed by atoms with van der Waals surface area (Å²) in [5.41, 5.74) is 0.389. The van der Waals surface area contributed by atoms with Gasteiger partial charge in [0.25, 0.3) is 0 Å². The van der Waals surface area contributed by atoms with Crippen molar-refractivity contribution in [1.29, 1.82) is 0 Å². The van der Waals surface area contributed by atoms with Gasteiger partial charge in [-0.15, -0.1) is 0 Å². The van der Waals surface area contributed by atoms with E-state index in [1.54, 1.807) is 19.9 Å². The molecule has 0 aliphatic heterocycles. The Labute approximate surface area is 70.8 Å². The molecule has 0 heterocycles. The molecule has 0 radical (unpaired) electrons. The lowest BCUT2D eigenvalue weighted by Crippen LogP contribution is -1.93. The molecular weight excluding hydrogens is 160 g/mol. The molecule has 0 atom stereocenters. The number of rotatable bonds is 2. The number of carboxylic acids is 2. The summed E-state index contributed by atoms with van der Waals surface area (Å²) in [5.74, 6) is -1.83. The molecule has 0 bridgehead atoms. The lowest BCUT2D eigenvalue weighted by Gasteiger charge is -1.84. The summed E-state index contributed by atoms with van der Waals surface area (Å²) in [6.45, 7) is 6.22. The summed E-state index contributed by atoms with van der Waals surface area (Å²) >= 11 is 0. The first-order valence-corrected chi connectivity index (χ1v) is 3.17. The number of carboxylic acid groups (broad SMARTS) is 2. The zero-order valence-electron chi connectivity index (χ0n) is 7.07. The lowest BCUT2D eigenvalue weighted by atomic mass is 10.3. The summed E-state index contributed by atoms with van der Waals surface area (Å²) in [6, 6.07) is 0. The molecule has 0 saturated heterocycles. The number of carbonyl (C=O) groups is 2. The SMILES string of the molecule is C=CC(=O)O.CC=C(C)C(=O)O. The predicted octanol–water partition coefficient (Wildman–Crippen LogP) is 1.29. The maximum Gasteiger partial charge on any atom is 0.330 e. The van der Waals surface area contributed by atoms with Crippen LogP contribution in [-0.2, 0) is 9.59 Å². The van der Waals surface area contributed by atoms with Gasteiger partial charge < -0.3 is 10.2 Å². The average molecular weight is 172 g/mol. The van der Waals surface area contributed by atoms with Gasteiger partial charge in [0, 0.05) is 11.6 Å². The van der Waals surface area contributed by atoms with Crippen molar-refractivity contribution >= 4 is 11.9 Å². The number of aliphatic carboxylic acids is 2. The largest absolute Gasteiger partial charge is 0.478 e. The van der Waals surface area contributed by atoms with Gasteiger partial charge in [0.1, 0.15) is 0 Å². The molecule has 0 aromatic heterocycles. The van der Waals surface area contributed by atoms with E-state index in [-0.39, 0.29) is 0 Å². The molecule has 4 heteroatoms. The maximum absolute atomic E-state index is 9.86. The molecular formula is C8H12O4. The minimum Gasteiger partial charge on any atom is -0.478 e. The van der Waals surface area contributed by atoms with Gasteiger partial charge in [-0.3, -0.25) is 0 Å². The van der Waals surface area contributed by atoms with E-state index >= 15 is 0 Å². The molecule has 0 aliphatic rings. The molecule has 0 aromatic carbocycles. The molecule has 0 aromatic rings. The minimum atomic E-state index is -0.981. The Kier molecular flexibility index (Phi) is 8.18. The first-order valence-electron chi connectivity index (χ1n) is 3.17. The van der Waals surface area contributed by atoms with E-state index in [1.807, 2.05) is 0 Å². The molecule has 0 aliphatic carbocycles. The summed E-state index contributed by atoms with van der Waals surface area (Å²) in [6.07, 6.45) is 2.39. The van der Waals surface area contributed by atoms with Crippen molar-refractivity contribution in [3.63, 3.8) is 0 Å². The zero-order valence-corrected chi connectivity index (χ0v) is 7.07. The molecule has 0 saturated carbocycles. The Morgan fingerprint density at radius 3 is 1.67 bits per heavy atom. The van der Waals surface area contributed by atoms with E-state index in [2.05, 4.69) is 6.58 Å². The molecule has 0 fully saturated rings. The molecule has 0 unspecified atom stereocenters. The van der Waals surface area contributed by atoms with E-state index in [0.29, 0.717) is 5.57 Å². The normalized spacial score (nSPS) is 9.33. The zero-order chi connectivity index (χ0) is 10.1. The van der Waals surface area contributed by atoms with Crippen LogP contribution in [0, 0.1) is 0 Å². The maximum atomic E-state index is 9.86. The van der Waals surface area contributed by atoms with Crippen LogP contribution < -0.4 is 0 Å². The molecule has 0 spiro atoms. The fourth-order valence-corrected chi connectivity index (χ4v) is 0.123. The highest BCUT2D eigenvalue weighted by Gasteiger charge is 1.93. The summed E-state index contributed by atoms with van der Waals surface area (Å²) in [5, 5.41) is 15.7. The first kappa shape index (κ1) is 13.0. The summed E-state index contributed by atoms with van der Waals surface area (Å²) in [7, 11) is 0. The van der Waals surface area contributed by atoms with E-state index in [1.165, 1.54) is 0 Å². The lowest BCUT2D eigenvalue weighted by molar-refractivity contribution is -0.133. The standard InChI is InChI=1S/C5H8O2.C3H4O2/c1-3-4(2)5(6)7;1-2-3(4)5/h3H,1-2H3,(H,6,7);2H,1H2,(H,4,5). The smallest absolute Gasteiger partial charge is 0.330 e. The third-order valence-corrected chi connectivity index (χ3v) is 0.945. The number of hydrogen-bond donors (Lipinski definition) is 2. The van der Waals surface area contributed by atoms with Gasteiger partial charge in [-0.25, -0.2) is 9.59 Å². The van der Waals surface area contributed by atoms with Crippen LogP contribution in [0.25, 0.3) is 0 Å². The Bertz CT molecular complexity index is 203. The molecule has 68 valence electrons. The second-order valence-electron chi connectivity index (χ2n) is 1.82. The van der Waals surface area contributed by atoms with Crippen molar-refractivity contribution in [2.75, 3.05) is 0 Å². The molecule has 0 amide bonds. The van der Waals surface area contributed by atoms with Crippen molar-refractivity contribution in [1.82, 2.24) is 0 Å². The molecule has 12 heavy (non-hydrogen) atoms. The van der Waals surface area contributed by atoms with E-state index in [4.69, 9.17) is 10.2 Å². The van der Waals surface area contributed by atoms with Gasteiger partial charge >= 0.3 is 11.9 Å². The van der Waals surface area contributed by atoms with Crippen LogP contribution >= 0.6 is 0 Å².